The summed E-state index contributed by atoms with van der Waals surface area (Å²) in [5.41, 5.74) is 6.47. The van der Waals surface area contributed by atoms with Crippen molar-refractivity contribution in [3.63, 3.8) is 0 Å². The van der Waals surface area contributed by atoms with Crippen molar-refractivity contribution in [2.24, 2.45) is 28.9 Å². The molecule has 4 bridgehead atoms. The van der Waals surface area contributed by atoms with Crippen LogP contribution >= 0.6 is 0 Å². The largest absolute Gasteiger partial charge is 0.347 e. The van der Waals surface area contributed by atoms with Crippen LogP contribution in [0.5, 0.6) is 0 Å². The maximum Gasteiger partial charge on any atom is 0.174 e. The lowest BCUT2D eigenvalue weighted by atomic mass is 9.47. The summed E-state index contributed by atoms with van der Waals surface area (Å²) in [5, 5.41) is 0. The molecule has 0 aromatic carbocycles. The first-order chi connectivity index (χ1) is 7.76. The van der Waals surface area contributed by atoms with Crippen LogP contribution in [0.15, 0.2) is 0 Å². The van der Waals surface area contributed by atoms with Crippen LogP contribution in [0.1, 0.15) is 32.1 Å². The summed E-state index contributed by atoms with van der Waals surface area (Å²) in [7, 11) is 0. The molecule has 1 aliphatic heterocycles. The first-order valence-corrected chi connectivity index (χ1v) is 6.74. The van der Waals surface area contributed by atoms with Gasteiger partial charge < -0.3 is 15.2 Å². The minimum absolute atomic E-state index is 0.185. The summed E-state index contributed by atoms with van der Waals surface area (Å²) in [6.45, 7) is 2.47. The van der Waals surface area contributed by atoms with E-state index >= 15 is 0 Å². The molecule has 5 aliphatic rings. The van der Waals surface area contributed by atoms with Gasteiger partial charge in [0.1, 0.15) is 0 Å². The topological polar surface area (TPSA) is 44.5 Å². The Hall–Kier alpha value is -0.120. The Bertz CT molecular complexity index is 293. The van der Waals surface area contributed by atoms with Gasteiger partial charge in [0.05, 0.1) is 13.2 Å². The summed E-state index contributed by atoms with van der Waals surface area (Å²) < 4.78 is 12.1. The molecular formula is C13H21NO2. The van der Waals surface area contributed by atoms with Crippen LogP contribution in [0.2, 0.25) is 0 Å². The molecule has 0 aromatic rings. The van der Waals surface area contributed by atoms with Gasteiger partial charge in [0.15, 0.2) is 5.79 Å². The van der Waals surface area contributed by atoms with E-state index in [-0.39, 0.29) is 5.79 Å². The summed E-state index contributed by atoms with van der Waals surface area (Å²) in [6, 6.07) is 0. The molecule has 90 valence electrons. The Labute approximate surface area is 96.7 Å². The predicted octanol–water partition coefficient (Wildman–Crippen LogP) is 1.51. The fraction of sp³-hybridized carbons (Fsp3) is 1.00. The molecule has 3 nitrogen and oxygen atoms in total. The molecular weight excluding hydrogens is 202 g/mol. The maximum atomic E-state index is 6.04. The fourth-order valence-corrected chi connectivity index (χ4v) is 5.25. The van der Waals surface area contributed by atoms with E-state index in [1.165, 1.54) is 32.1 Å². The average molecular weight is 223 g/mol. The Morgan fingerprint density at radius 2 is 1.62 bits per heavy atom. The summed E-state index contributed by atoms with van der Waals surface area (Å²) in [6.07, 6.45) is 6.50. The van der Waals surface area contributed by atoms with Crippen LogP contribution in [-0.4, -0.2) is 25.5 Å². The van der Waals surface area contributed by atoms with E-state index in [2.05, 4.69) is 0 Å². The van der Waals surface area contributed by atoms with Crippen molar-refractivity contribution in [2.75, 3.05) is 19.8 Å². The highest BCUT2D eigenvalue weighted by Gasteiger charge is 2.64. The van der Waals surface area contributed by atoms with Gasteiger partial charge in [-0.2, -0.15) is 0 Å². The lowest BCUT2D eigenvalue weighted by molar-refractivity contribution is -0.301. The zero-order valence-electron chi connectivity index (χ0n) is 9.78. The van der Waals surface area contributed by atoms with Crippen molar-refractivity contribution in [1.29, 1.82) is 0 Å². The minimum atomic E-state index is -0.185. The highest BCUT2D eigenvalue weighted by Crippen LogP contribution is 2.65. The summed E-state index contributed by atoms with van der Waals surface area (Å²) >= 11 is 0. The third-order valence-corrected chi connectivity index (χ3v) is 5.63. The van der Waals surface area contributed by atoms with E-state index in [1.54, 1.807) is 0 Å². The number of hydrogen-bond acceptors (Lipinski definition) is 3. The second-order valence-electron chi connectivity index (χ2n) is 6.47. The van der Waals surface area contributed by atoms with Crippen LogP contribution in [0.3, 0.4) is 0 Å². The molecule has 0 amide bonds. The van der Waals surface area contributed by atoms with Gasteiger partial charge in [0.25, 0.3) is 0 Å². The van der Waals surface area contributed by atoms with Crippen LogP contribution in [0.4, 0.5) is 0 Å². The second kappa shape index (κ2) is 3.01. The van der Waals surface area contributed by atoms with E-state index in [4.69, 9.17) is 15.2 Å². The van der Waals surface area contributed by atoms with Crippen LogP contribution < -0.4 is 5.73 Å². The fourth-order valence-electron chi connectivity index (χ4n) is 5.25. The van der Waals surface area contributed by atoms with E-state index in [0.717, 1.165) is 25.7 Å². The molecule has 1 spiro atoms. The first kappa shape index (κ1) is 9.86. The van der Waals surface area contributed by atoms with Crippen molar-refractivity contribution in [2.45, 2.75) is 37.9 Å². The standard InChI is InChI=1S/C13H21NO2/c14-8-12-5-9-3-10(6-12)13(11(4-9)7-12)15-1-2-16-13/h9-11H,1-8,14H2/t9?,10-,11+,12-. The molecule has 16 heavy (non-hydrogen) atoms. The van der Waals surface area contributed by atoms with Crippen LogP contribution in [-0.2, 0) is 9.47 Å². The van der Waals surface area contributed by atoms with E-state index in [9.17, 15) is 0 Å². The van der Waals surface area contributed by atoms with E-state index < -0.39 is 0 Å². The third-order valence-electron chi connectivity index (χ3n) is 5.63. The van der Waals surface area contributed by atoms with Crippen molar-refractivity contribution < 1.29 is 9.47 Å². The molecule has 0 aromatic heterocycles. The Balaban J connectivity index is 1.72. The Morgan fingerprint density at radius 1 is 1.00 bits per heavy atom. The number of hydrogen-bond donors (Lipinski definition) is 1. The molecule has 2 N–H and O–H groups in total. The maximum absolute atomic E-state index is 6.04. The van der Waals surface area contributed by atoms with Crippen LogP contribution in [0.25, 0.3) is 0 Å². The SMILES string of the molecule is NC[C@]12CC3C[C@H](C1)C1(OCCO1)[C@@H](C3)C2. The lowest BCUT2D eigenvalue weighted by Crippen LogP contribution is -2.63. The molecule has 4 saturated carbocycles. The molecule has 1 saturated heterocycles. The molecule has 1 unspecified atom stereocenters. The minimum Gasteiger partial charge on any atom is -0.347 e. The number of rotatable bonds is 1. The van der Waals surface area contributed by atoms with Crippen molar-refractivity contribution in [3.8, 4) is 0 Å². The van der Waals surface area contributed by atoms with Crippen molar-refractivity contribution in [1.82, 2.24) is 0 Å². The lowest BCUT2D eigenvalue weighted by Gasteiger charge is -2.62. The highest BCUT2D eigenvalue weighted by molar-refractivity contribution is 5.10. The zero-order chi connectivity index (χ0) is 10.8. The smallest absolute Gasteiger partial charge is 0.174 e. The molecule has 4 atom stereocenters. The van der Waals surface area contributed by atoms with Crippen molar-refractivity contribution >= 4 is 0 Å². The van der Waals surface area contributed by atoms with Gasteiger partial charge in [-0.3, -0.25) is 0 Å². The third kappa shape index (κ3) is 1.05. The Morgan fingerprint density at radius 3 is 2.19 bits per heavy atom. The molecule has 1 heterocycles. The molecule has 4 aliphatic carbocycles. The normalized spacial score (nSPS) is 52.7. The Kier molecular flexibility index (Phi) is 1.85. The van der Waals surface area contributed by atoms with Gasteiger partial charge in [-0.1, -0.05) is 0 Å². The zero-order valence-corrected chi connectivity index (χ0v) is 9.78. The highest BCUT2D eigenvalue weighted by atomic mass is 16.7. The monoisotopic (exact) mass is 223 g/mol. The average Bonchev–Trinajstić information content (AvgIpc) is 2.75. The van der Waals surface area contributed by atoms with Crippen molar-refractivity contribution in [3.05, 3.63) is 0 Å². The predicted molar refractivity (Wildman–Crippen MR) is 59.7 cm³/mol. The molecule has 5 fully saturated rings. The van der Waals surface area contributed by atoms with Gasteiger partial charge in [-0.25, -0.2) is 0 Å². The number of nitrogens with two attached hydrogens (primary N) is 1. The quantitative estimate of drug-likeness (QED) is 0.733. The van der Waals surface area contributed by atoms with Gasteiger partial charge in [0.2, 0.25) is 0 Å². The molecule has 5 rings (SSSR count). The van der Waals surface area contributed by atoms with Gasteiger partial charge >= 0.3 is 0 Å². The van der Waals surface area contributed by atoms with Gasteiger partial charge in [-0.15, -0.1) is 0 Å². The molecule has 0 radical (unpaired) electrons. The number of ether oxygens (including phenoxy) is 2. The summed E-state index contributed by atoms with van der Waals surface area (Å²) in [5.74, 6) is 1.98. The first-order valence-electron chi connectivity index (χ1n) is 6.74. The summed E-state index contributed by atoms with van der Waals surface area (Å²) in [4.78, 5) is 0. The van der Waals surface area contributed by atoms with Gasteiger partial charge in [0, 0.05) is 11.8 Å². The molecule has 3 heteroatoms. The van der Waals surface area contributed by atoms with Crippen LogP contribution in [0, 0.1) is 23.2 Å². The van der Waals surface area contributed by atoms with E-state index in [0.29, 0.717) is 17.3 Å². The van der Waals surface area contributed by atoms with Gasteiger partial charge in [-0.05, 0) is 50.0 Å². The second-order valence-corrected chi connectivity index (χ2v) is 6.47. The van der Waals surface area contributed by atoms with E-state index in [1.807, 2.05) is 0 Å².